The largest absolute Gasteiger partial charge is 0.494 e. The van der Waals surface area contributed by atoms with E-state index in [1.165, 1.54) is 25.3 Å². The Morgan fingerprint density at radius 2 is 1.81 bits per heavy atom. The standard InChI is InChI=1S/C25H34FN3O2/c1-4-31-22-13-11-20(12-14-22)27-25(30)28-23-15-10-19(26)16-24(23)29(17-18(2)3)21-8-6-5-7-9-21/h10-16,18,21H,4-9,17H2,1-3H3,(H2,27,28,30). The molecule has 3 rings (SSSR count). The van der Waals surface area contributed by atoms with Gasteiger partial charge < -0.3 is 20.3 Å². The number of halogens is 1. The first kappa shape index (κ1) is 22.9. The van der Waals surface area contributed by atoms with E-state index in [1.54, 1.807) is 24.3 Å². The first-order chi connectivity index (χ1) is 15.0. The molecule has 1 saturated carbocycles. The molecule has 0 unspecified atom stereocenters. The Balaban J connectivity index is 1.78. The second-order valence-electron chi connectivity index (χ2n) is 8.54. The summed E-state index contributed by atoms with van der Waals surface area (Å²) in [6.45, 7) is 7.68. The molecule has 0 heterocycles. The highest BCUT2D eigenvalue weighted by Crippen LogP contribution is 2.34. The van der Waals surface area contributed by atoms with E-state index in [1.807, 2.05) is 19.1 Å². The Labute approximate surface area is 185 Å². The van der Waals surface area contributed by atoms with E-state index in [0.717, 1.165) is 30.8 Å². The van der Waals surface area contributed by atoms with Crippen LogP contribution < -0.4 is 20.3 Å². The lowest BCUT2D eigenvalue weighted by atomic mass is 9.93. The van der Waals surface area contributed by atoms with Crippen LogP contribution in [0.1, 0.15) is 52.9 Å². The summed E-state index contributed by atoms with van der Waals surface area (Å²) in [5.74, 6) is 0.888. The summed E-state index contributed by atoms with van der Waals surface area (Å²) in [6.07, 6.45) is 5.83. The van der Waals surface area contributed by atoms with Crippen LogP contribution in [-0.2, 0) is 0 Å². The van der Waals surface area contributed by atoms with Crippen molar-refractivity contribution in [2.45, 2.75) is 58.9 Å². The molecule has 2 amide bonds. The fourth-order valence-electron chi connectivity index (χ4n) is 4.16. The van der Waals surface area contributed by atoms with Gasteiger partial charge in [0.1, 0.15) is 11.6 Å². The molecule has 0 aromatic heterocycles. The van der Waals surface area contributed by atoms with Crippen LogP contribution in [0.4, 0.5) is 26.2 Å². The molecule has 0 aliphatic heterocycles. The van der Waals surface area contributed by atoms with Gasteiger partial charge in [-0.2, -0.15) is 0 Å². The van der Waals surface area contributed by atoms with Crippen molar-refractivity contribution >= 4 is 23.1 Å². The van der Waals surface area contributed by atoms with E-state index in [0.29, 0.717) is 29.9 Å². The Kier molecular flexibility index (Phi) is 8.15. The van der Waals surface area contributed by atoms with Crippen LogP contribution in [0, 0.1) is 11.7 Å². The molecule has 0 bridgehead atoms. The average Bonchev–Trinajstić information content (AvgIpc) is 2.75. The Bertz CT molecular complexity index is 848. The zero-order valence-electron chi connectivity index (χ0n) is 18.8. The van der Waals surface area contributed by atoms with Gasteiger partial charge in [-0.3, -0.25) is 0 Å². The molecular formula is C25H34FN3O2. The van der Waals surface area contributed by atoms with Gasteiger partial charge in [0.05, 0.1) is 18.0 Å². The first-order valence-corrected chi connectivity index (χ1v) is 11.3. The minimum absolute atomic E-state index is 0.294. The summed E-state index contributed by atoms with van der Waals surface area (Å²) in [5, 5.41) is 5.77. The van der Waals surface area contributed by atoms with Gasteiger partial charge in [0.25, 0.3) is 0 Å². The third-order valence-electron chi connectivity index (χ3n) is 5.52. The van der Waals surface area contributed by atoms with Crippen LogP contribution in [-0.4, -0.2) is 25.2 Å². The number of anilines is 3. The highest BCUT2D eigenvalue weighted by molar-refractivity contribution is 6.01. The molecule has 2 aromatic rings. The van der Waals surface area contributed by atoms with Crippen LogP contribution in [0.2, 0.25) is 0 Å². The normalized spacial score (nSPS) is 14.4. The van der Waals surface area contributed by atoms with Crippen molar-refractivity contribution < 1.29 is 13.9 Å². The maximum Gasteiger partial charge on any atom is 0.323 e. The first-order valence-electron chi connectivity index (χ1n) is 11.3. The van der Waals surface area contributed by atoms with Crippen LogP contribution in [0.15, 0.2) is 42.5 Å². The average molecular weight is 428 g/mol. The molecule has 0 spiro atoms. The van der Waals surface area contributed by atoms with E-state index in [4.69, 9.17) is 4.74 Å². The number of amides is 2. The molecule has 168 valence electrons. The molecule has 2 aromatic carbocycles. The number of hydrogen-bond donors (Lipinski definition) is 2. The molecule has 6 heteroatoms. The smallest absolute Gasteiger partial charge is 0.323 e. The fraction of sp³-hybridized carbons (Fsp3) is 0.480. The number of nitrogens with one attached hydrogen (secondary N) is 2. The highest BCUT2D eigenvalue weighted by Gasteiger charge is 2.25. The Morgan fingerprint density at radius 3 is 2.45 bits per heavy atom. The van der Waals surface area contributed by atoms with Gasteiger partial charge in [-0.1, -0.05) is 33.1 Å². The summed E-state index contributed by atoms with van der Waals surface area (Å²) < 4.78 is 19.7. The summed E-state index contributed by atoms with van der Waals surface area (Å²) in [4.78, 5) is 15.0. The third-order valence-corrected chi connectivity index (χ3v) is 5.52. The second-order valence-corrected chi connectivity index (χ2v) is 8.54. The molecule has 31 heavy (non-hydrogen) atoms. The summed E-state index contributed by atoms with van der Waals surface area (Å²) in [5.41, 5.74) is 2.04. The van der Waals surface area contributed by atoms with Crippen molar-refractivity contribution in [3.05, 3.63) is 48.3 Å². The monoisotopic (exact) mass is 427 g/mol. The highest BCUT2D eigenvalue weighted by atomic mass is 19.1. The van der Waals surface area contributed by atoms with E-state index in [-0.39, 0.29) is 11.8 Å². The van der Waals surface area contributed by atoms with Crippen LogP contribution in [0.5, 0.6) is 5.75 Å². The lowest BCUT2D eigenvalue weighted by Crippen LogP contribution is -2.40. The maximum absolute atomic E-state index is 14.2. The molecule has 2 N–H and O–H groups in total. The molecule has 1 aliphatic rings. The lowest BCUT2D eigenvalue weighted by molar-refractivity contribution is 0.262. The number of rotatable bonds is 8. The minimum atomic E-state index is -0.356. The van der Waals surface area contributed by atoms with E-state index >= 15 is 0 Å². The predicted octanol–water partition coefficient (Wildman–Crippen LogP) is 6.66. The van der Waals surface area contributed by atoms with Crippen LogP contribution in [0.3, 0.4) is 0 Å². The molecular weight excluding hydrogens is 393 g/mol. The summed E-state index contributed by atoms with van der Waals surface area (Å²) in [7, 11) is 0. The number of benzene rings is 2. The van der Waals surface area contributed by atoms with Gasteiger partial charge in [-0.25, -0.2) is 9.18 Å². The molecule has 0 radical (unpaired) electrons. The Morgan fingerprint density at radius 1 is 1.10 bits per heavy atom. The summed E-state index contributed by atoms with van der Waals surface area (Å²) in [6, 6.07) is 11.8. The molecule has 1 aliphatic carbocycles. The lowest BCUT2D eigenvalue weighted by Gasteiger charge is -2.38. The quantitative estimate of drug-likeness (QED) is 0.495. The number of nitrogens with zero attached hydrogens (tertiary/aromatic N) is 1. The maximum atomic E-state index is 14.2. The number of urea groups is 1. The fourth-order valence-corrected chi connectivity index (χ4v) is 4.16. The van der Waals surface area contributed by atoms with Crippen molar-refractivity contribution in [3.63, 3.8) is 0 Å². The topological polar surface area (TPSA) is 53.6 Å². The number of hydrogen-bond acceptors (Lipinski definition) is 3. The van der Waals surface area contributed by atoms with Gasteiger partial charge >= 0.3 is 6.03 Å². The van der Waals surface area contributed by atoms with E-state index in [9.17, 15) is 9.18 Å². The molecule has 0 atom stereocenters. The minimum Gasteiger partial charge on any atom is -0.494 e. The van der Waals surface area contributed by atoms with Gasteiger partial charge in [0.2, 0.25) is 0 Å². The van der Waals surface area contributed by atoms with Crippen molar-refractivity contribution in [3.8, 4) is 5.75 Å². The molecule has 1 fully saturated rings. The number of carbonyl (C=O) groups excluding carboxylic acids is 1. The van der Waals surface area contributed by atoms with Crippen molar-refractivity contribution in [2.24, 2.45) is 5.92 Å². The van der Waals surface area contributed by atoms with Crippen molar-refractivity contribution in [1.82, 2.24) is 0 Å². The third kappa shape index (κ3) is 6.61. The van der Waals surface area contributed by atoms with Gasteiger partial charge in [-0.05, 0) is 68.1 Å². The number of carbonyl (C=O) groups is 1. The van der Waals surface area contributed by atoms with E-state index in [2.05, 4.69) is 29.4 Å². The van der Waals surface area contributed by atoms with Gasteiger partial charge in [0.15, 0.2) is 0 Å². The van der Waals surface area contributed by atoms with Gasteiger partial charge in [-0.15, -0.1) is 0 Å². The van der Waals surface area contributed by atoms with Crippen LogP contribution >= 0.6 is 0 Å². The Hall–Kier alpha value is -2.76. The number of ether oxygens (including phenoxy) is 1. The zero-order chi connectivity index (χ0) is 22.2. The van der Waals surface area contributed by atoms with Crippen molar-refractivity contribution in [2.75, 3.05) is 28.7 Å². The SMILES string of the molecule is CCOc1ccc(NC(=O)Nc2ccc(F)cc2N(CC(C)C)C2CCCCC2)cc1. The summed E-state index contributed by atoms with van der Waals surface area (Å²) >= 11 is 0. The zero-order valence-corrected chi connectivity index (χ0v) is 18.8. The molecule has 0 saturated heterocycles. The molecule has 5 nitrogen and oxygen atoms in total. The van der Waals surface area contributed by atoms with E-state index < -0.39 is 0 Å². The second kappa shape index (κ2) is 11.0. The predicted molar refractivity (Wildman–Crippen MR) is 126 cm³/mol. The van der Waals surface area contributed by atoms with Crippen LogP contribution in [0.25, 0.3) is 0 Å². The van der Waals surface area contributed by atoms with Crippen molar-refractivity contribution in [1.29, 1.82) is 0 Å². The van der Waals surface area contributed by atoms with Gasteiger partial charge in [0, 0.05) is 18.3 Å².